The average molecular weight is 1630 g/mol. The van der Waals surface area contributed by atoms with E-state index in [0.29, 0.717) is 25.7 Å². The molecule has 0 amide bonds. The van der Waals surface area contributed by atoms with E-state index < -0.39 is 97.5 Å². The van der Waals surface area contributed by atoms with Crippen molar-refractivity contribution in [1.29, 1.82) is 0 Å². The third-order valence-electron chi connectivity index (χ3n) is 22.0. The van der Waals surface area contributed by atoms with E-state index in [1.165, 1.54) is 334 Å². The van der Waals surface area contributed by atoms with Crippen molar-refractivity contribution in [2.75, 3.05) is 39.6 Å². The van der Waals surface area contributed by atoms with Crippen molar-refractivity contribution in [3.8, 4) is 0 Å². The second-order valence-corrected chi connectivity index (χ2v) is 36.8. The molecule has 112 heavy (non-hydrogen) atoms. The smallest absolute Gasteiger partial charge is 0.462 e. The number of aliphatic hydroxyl groups excluding tert-OH is 1. The highest BCUT2D eigenvalue weighted by Crippen LogP contribution is 2.45. The van der Waals surface area contributed by atoms with Gasteiger partial charge >= 0.3 is 39.5 Å². The predicted molar refractivity (Wildman–Crippen MR) is 465 cm³/mol. The Morgan fingerprint density at radius 2 is 0.411 bits per heavy atom. The van der Waals surface area contributed by atoms with Crippen LogP contribution in [-0.4, -0.2) is 96.7 Å². The van der Waals surface area contributed by atoms with E-state index in [-0.39, 0.29) is 25.7 Å². The molecule has 0 fully saturated rings. The molecule has 19 heteroatoms. The van der Waals surface area contributed by atoms with Crippen molar-refractivity contribution < 1.29 is 80.2 Å². The Kier molecular flexibility index (Phi) is 84.0. The minimum atomic E-state index is -4.97. The highest BCUT2D eigenvalue weighted by molar-refractivity contribution is 7.47. The van der Waals surface area contributed by atoms with Crippen molar-refractivity contribution >= 4 is 39.5 Å². The first kappa shape index (κ1) is 110. The van der Waals surface area contributed by atoms with E-state index in [1.54, 1.807) is 0 Å². The molecule has 0 aliphatic carbocycles. The van der Waals surface area contributed by atoms with Crippen LogP contribution in [0.4, 0.5) is 0 Å². The number of phosphoric acid groups is 2. The lowest BCUT2D eigenvalue weighted by Crippen LogP contribution is -2.30. The number of carbonyl (C=O) groups is 4. The Hall–Kier alpha value is -1.94. The van der Waals surface area contributed by atoms with Gasteiger partial charge in [0, 0.05) is 25.7 Å². The largest absolute Gasteiger partial charge is 0.472 e. The minimum Gasteiger partial charge on any atom is -0.462 e. The molecule has 0 rings (SSSR count). The number of esters is 4. The van der Waals surface area contributed by atoms with E-state index in [2.05, 4.69) is 34.6 Å². The zero-order valence-corrected chi connectivity index (χ0v) is 75.6. The van der Waals surface area contributed by atoms with Crippen LogP contribution in [-0.2, 0) is 65.4 Å². The molecule has 0 aromatic rings. The Labute approximate surface area is 689 Å². The number of phosphoric ester groups is 2. The molecule has 666 valence electrons. The van der Waals surface area contributed by atoms with Gasteiger partial charge in [-0.25, -0.2) is 9.13 Å². The molecular formula is C93H182O17P2. The number of hydrogen-bond donors (Lipinski definition) is 3. The van der Waals surface area contributed by atoms with Gasteiger partial charge in [0.25, 0.3) is 0 Å². The summed E-state index contributed by atoms with van der Waals surface area (Å²) < 4.78 is 69.1. The Morgan fingerprint density at radius 1 is 0.241 bits per heavy atom. The molecule has 3 N–H and O–H groups in total. The van der Waals surface area contributed by atoms with Gasteiger partial charge in [-0.15, -0.1) is 0 Å². The summed E-state index contributed by atoms with van der Waals surface area (Å²) in [7, 11) is -9.94. The van der Waals surface area contributed by atoms with Crippen molar-refractivity contribution in [1.82, 2.24) is 0 Å². The van der Waals surface area contributed by atoms with Crippen LogP contribution in [0.3, 0.4) is 0 Å². The summed E-state index contributed by atoms with van der Waals surface area (Å²) in [4.78, 5) is 73.5. The van der Waals surface area contributed by atoms with Gasteiger partial charge in [0.2, 0.25) is 0 Å². The zero-order chi connectivity index (χ0) is 81.8. The predicted octanol–water partition coefficient (Wildman–Crippen LogP) is 29.1. The fraction of sp³-hybridized carbons (Fsp3) is 0.957. The Morgan fingerprint density at radius 3 is 0.607 bits per heavy atom. The number of carbonyl (C=O) groups excluding carboxylic acids is 4. The summed E-state index contributed by atoms with van der Waals surface area (Å²) in [5, 5.41) is 10.7. The van der Waals surface area contributed by atoms with Gasteiger partial charge in [-0.2, -0.15) is 0 Å². The summed E-state index contributed by atoms with van der Waals surface area (Å²) in [6, 6.07) is 0. The molecule has 0 spiro atoms. The van der Waals surface area contributed by atoms with E-state index in [4.69, 9.17) is 37.0 Å². The van der Waals surface area contributed by atoms with Crippen LogP contribution in [0, 0.1) is 5.92 Å². The minimum absolute atomic E-state index is 0.110. The SMILES string of the molecule is CCCCCCCCCCCCCCCCCCCCCCC(=O)OC[C@H](COP(=O)(O)OC[C@@H](O)COP(=O)(O)OC[C@@H](COC(=O)CCCCCCCCCCCCCC)OC(=O)CCCCCCCCCCCCCCCCCCCCC)OC(=O)CCCCCCCCCCCCCCCCCCCCC(C)C. The van der Waals surface area contributed by atoms with Gasteiger partial charge in [-0.05, 0) is 31.6 Å². The van der Waals surface area contributed by atoms with Crippen LogP contribution in [0.25, 0.3) is 0 Å². The third kappa shape index (κ3) is 85.9. The summed E-state index contributed by atoms with van der Waals surface area (Å²) >= 11 is 0. The number of ether oxygens (including phenoxy) is 4. The maximum Gasteiger partial charge on any atom is 0.472 e. The van der Waals surface area contributed by atoms with Gasteiger partial charge in [-0.1, -0.05) is 458 Å². The monoisotopic (exact) mass is 1630 g/mol. The van der Waals surface area contributed by atoms with Gasteiger partial charge in [0.15, 0.2) is 12.2 Å². The van der Waals surface area contributed by atoms with Gasteiger partial charge < -0.3 is 33.8 Å². The number of aliphatic hydroxyl groups is 1. The molecule has 5 atom stereocenters. The summed E-state index contributed by atoms with van der Waals surface area (Å²) in [5.41, 5.74) is 0. The van der Waals surface area contributed by atoms with E-state index in [9.17, 15) is 43.2 Å². The molecule has 0 aromatic carbocycles. The van der Waals surface area contributed by atoms with Crippen LogP contribution >= 0.6 is 15.6 Å². The topological polar surface area (TPSA) is 237 Å². The first-order valence-electron chi connectivity index (χ1n) is 48.1. The summed E-state index contributed by atoms with van der Waals surface area (Å²) in [5.74, 6) is -1.27. The first-order valence-corrected chi connectivity index (χ1v) is 51.1. The molecule has 0 bridgehead atoms. The summed E-state index contributed by atoms with van der Waals surface area (Å²) in [6.45, 7) is 7.45. The second kappa shape index (κ2) is 85.5. The molecule has 17 nitrogen and oxygen atoms in total. The Bertz CT molecular complexity index is 2120. The highest BCUT2D eigenvalue weighted by Gasteiger charge is 2.31. The molecule has 0 aliphatic heterocycles. The quantitative estimate of drug-likeness (QED) is 0.0222. The van der Waals surface area contributed by atoms with Crippen molar-refractivity contribution in [3.63, 3.8) is 0 Å². The third-order valence-corrected chi connectivity index (χ3v) is 23.9. The molecule has 0 saturated heterocycles. The van der Waals surface area contributed by atoms with Gasteiger partial charge in [0.05, 0.1) is 26.4 Å². The van der Waals surface area contributed by atoms with Crippen molar-refractivity contribution in [2.45, 2.75) is 528 Å². The first-order chi connectivity index (χ1) is 54.5. The molecule has 2 unspecified atom stereocenters. The number of rotatable bonds is 93. The number of unbranched alkanes of at least 4 members (excludes halogenated alkanes) is 65. The molecule has 0 saturated carbocycles. The fourth-order valence-corrected chi connectivity index (χ4v) is 16.3. The van der Waals surface area contributed by atoms with E-state index >= 15 is 0 Å². The van der Waals surface area contributed by atoms with Crippen LogP contribution in [0.5, 0.6) is 0 Å². The summed E-state index contributed by atoms with van der Waals surface area (Å²) in [6.07, 6.45) is 82.0. The Balaban J connectivity index is 5.24. The van der Waals surface area contributed by atoms with E-state index in [1.807, 2.05) is 0 Å². The lowest BCUT2D eigenvalue weighted by molar-refractivity contribution is -0.161. The van der Waals surface area contributed by atoms with Gasteiger partial charge in [-0.3, -0.25) is 37.3 Å². The molecular weight excluding hydrogens is 1450 g/mol. The molecule has 0 aliphatic rings. The van der Waals surface area contributed by atoms with E-state index in [0.717, 1.165) is 95.8 Å². The van der Waals surface area contributed by atoms with Crippen molar-refractivity contribution in [3.05, 3.63) is 0 Å². The zero-order valence-electron chi connectivity index (χ0n) is 73.8. The lowest BCUT2D eigenvalue weighted by Gasteiger charge is -2.21. The normalized spacial score (nSPS) is 13.7. The fourth-order valence-electron chi connectivity index (χ4n) is 14.7. The maximum absolute atomic E-state index is 13.2. The van der Waals surface area contributed by atoms with Crippen LogP contribution < -0.4 is 0 Å². The average Bonchev–Trinajstić information content (AvgIpc) is 0.895. The second-order valence-electron chi connectivity index (χ2n) is 33.9. The van der Waals surface area contributed by atoms with Crippen LogP contribution in [0.1, 0.15) is 510 Å². The number of hydrogen-bond acceptors (Lipinski definition) is 15. The van der Waals surface area contributed by atoms with Gasteiger partial charge in [0.1, 0.15) is 19.3 Å². The molecule has 0 heterocycles. The standard InChI is InChI=1S/C93H182O17P2/c1-6-9-12-15-18-21-24-27-29-31-33-35-39-43-47-52-57-62-67-72-77-91(96)104-83-89(110-93(98)79-74-69-64-59-54-49-45-41-37-36-38-42-46-50-55-60-65-70-75-86(4)5)85-108-112(101,102)106-81-87(94)80-105-111(99,100)107-84-88(82-103-90(95)76-71-66-61-56-51-26-23-20-17-14-11-8-3)109-92(97)78-73-68-63-58-53-48-44-40-34-32-30-28-25-22-19-16-13-10-7-2/h86-89,94H,6-85H2,1-5H3,(H,99,100)(H,101,102)/t87-,88+,89+/m0/s1. The molecule has 0 radical (unpaired) electrons. The maximum atomic E-state index is 13.2. The van der Waals surface area contributed by atoms with Crippen LogP contribution in [0.2, 0.25) is 0 Å². The highest BCUT2D eigenvalue weighted by atomic mass is 31.2. The molecule has 0 aromatic heterocycles. The van der Waals surface area contributed by atoms with Crippen LogP contribution in [0.15, 0.2) is 0 Å². The lowest BCUT2D eigenvalue weighted by atomic mass is 10.0. The van der Waals surface area contributed by atoms with Crippen molar-refractivity contribution in [2.24, 2.45) is 5.92 Å².